The molecule has 122 valence electrons. The monoisotopic (exact) mass is 322 g/mol. The fourth-order valence-electron chi connectivity index (χ4n) is 3.75. The predicted molar refractivity (Wildman–Crippen MR) is 88.9 cm³/mol. The molecule has 1 atom stereocenters. The molecule has 3 rings (SSSR count). The molecule has 1 spiro atoms. The highest BCUT2D eigenvalue weighted by Gasteiger charge is 2.42. The van der Waals surface area contributed by atoms with E-state index >= 15 is 0 Å². The van der Waals surface area contributed by atoms with Crippen molar-refractivity contribution in [1.29, 1.82) is 0 Å². The van der Waals surface area contributed by atoms with E-state index in [0.717, 1.165) is 39.1 Å². The second kappa shape index (κ2) is 6.54. The Morgan fingerprint density at radius 3 is 3.00 bits per heavy atom. The maximum atomic E-state index is 12.2. The summed E-state index contributed by atoms with van der Waals surface area (Å²) in [6.07, 6.45) is 5.48. The smallest absolute Gasteiger partial charge is 0.317 e. The minimum Gasteiger partial charge on any atom is -0.336 e. The lowest BCUT2D eigenvalue weighted by Crippen LogP contribution is -2.47. The Morgan fingerprint density at radius 1 is 1.41 bits per heavy atom. The van der Waals surface area contributed by atoms with Gasteiger partial charge in [-0.2, -0.15) is 0 Å². The third kappa shape index (κ3) is 3.60. The summed E-state index contributed by atoms with van der Waals surface area (Å²) in [5.41, 5.74) is 0.295. The molecule has 22 heavy (non-hydrogen) atoms. The van der Waals surface area contributed by atoms with E-state index < -0.39 is 0 Å². The molecule has 0 aromatic carbocycles. The molecule has 2 aliphatic rings. The summed E-state index contributed by atoms with van der Waals surface area (Å²) in [4.78, 5) is 21.1. The Morgan fingerprint density at radius 2 is 2.27 bits per heavy atom. The quantitative estimate of drug-likeness (QED) is 0.930. The number of nitrogens with zero attached hydrogens (tertiary/aromatic N) is 3. The van der Waals surface area contributed by atoms with Gasteiger partial charge in [0.2, 0.25) is 0 Å². The molecule has 0 aliphatic carbocycles. The van der Waals surface area contributed by atoms with Crippen LogP contribution in [-0.2, 0) is 6.54 Å². The van der Waals surface area contributed by atoms with Gasteiger partial charge in [0.05, 0.1) is 6.54 Å². The first kappa shape index (κ1) is 15.7. The highest BCUT2D eigenvalue weighted by molar-refractivity contribution is 7.09. The molecular formula is C16H26N4OS. The average molecular weight is 322 g/mol. The van der Waals surface area contributed by atoms with Crippen molar-refractivity contribution in [3.05, 3.63) is 16.6 Å². The summed E-state index contributed by atoms with van der Waals surface area (Å²) >= 11 is 1.73. The van der Waals surface area contributed by atoms with Gasteiger partial charge in [0.15, 0.2) is 0 Å². The van der Waals surface area contributed by atoms with Crippen LogP contribution in [0.2, 0.25) is 0 Å². The number of hydrogen-bond donors (Lipinski definition) is 1. The number of amides is 2. The molecule has 2 amide bonds. The van der Waals surface area contributed by atoms with E-state index in [4.69, 9.17) is 0 Å². The topological polar surface area (TPSA) is 48.5 Å². The highest BCUT2D eigenvalue weighted by Crippen LogP contribution is 2.39. The molecule has 0 radical (unpaired) electrons. The molecule has 0 saturated carbocycles. The van der Waals surface area contributed by atoms with Gasteiger partial charge in [0.1, 0.15) is 5.01 Å². The lowest BCUT2D eigenvalue weighted by molar-refractivity contribution is 0.0896. The largest absolute Gasteiger partial charge is 0.336 e. The molecule has 2 saturated heterocycles. The van der Waals surface area contributed by atoms with Crippen LogP contribution in [0.4, 0.5) is 4.79 Å². The summed E-state index contributed by atoms with van der Waals surface area (Å²) in [5.74, 6) is 0. The van der Waals surface area contributed by atoms with Crippen molar-refractivity contribution in [2.75, 3.05) is 26.2 Å². The van der Waals surface area contributed by atoms with Crippen LogP contribution in [0.15, 0.2) is 11.6 Å². The number of urea groups is 1. The molecule has 0 bridgehead atoms. The Balaban J connectivity index is 1.58. The van der Waals surface area contributed by atoms with Crippen LogP contribution < -0.4 is 5.32 Å². The maximum Gasteiger partial charge on any atom is 0.317 e. The van der Waals surface area contributed by atoms with Crippen LogP contribution >= 0.6 is 11.3 Å². The van der Waals surface area contributed by atoms with Gasteiger partial charge in [0.25, 0.3) is 0 Å². The predicted octanol–water partition coefficient (Wildman–Crippen LogP) is 2.55. The zero-order valence-electron chi connectivity index (χ0n) is 13.5. The fourth-order valence-corrected chi connectivity index (χ4v) is 4.40. The minimum atomic E-state index is 0.101. The van der Waals surface area contributed by atoms with Crippen LogP contribution in [0, 0.1) is 5.41 Å². The molecule has 5 nitrogen and oxygen atoms in total. The molecule has 2 fully saturated rings. The molecule has 0 unspecified atom stereocenters. The van der Waals surface area contributed by atoms with Crippen molar-refractivity contribution in [3.8, 4) is 0 Å². The number of thiazole rings is 1. The number of carbonyl (C=O) groups excluding carboxylic acids is 1. The second-order valence-corrected chi connectivity index (χ2v) is 7.99. The van der Waals surface area contributed by atoms with Crippen molar-refractivity contribution in [2.24, 2.45) is 5.41 Å². The molecule has 1 N–H and O–H groups in total. The SMILES string of the molecule is CC(C)NC(=O)N1CC[C@]2(CCCN(Cc3nccs3)C2)C1. The van der Waals surface area contributed by atoms with Gasteiger partial charge >= 0.3 is 6.03 Å². The van der Waals surface area contributed by atoms with Crippen LogP contribution in [-0.4, -0.2) is 53.0 Å². The zero-order valence-corrected chi connectivity index (χ0v) is 14.4. The maximum absolute atomic E-state index is 12.2. The number of nitrogens with one attached hydrogen (secondary N) is 1. The van der Waals surface area contributed by atoms with Gasteiger partial charge in [-0.05, 0) is 39.7 Å². The molecule has 2 aliphatic heterocycles. The molecule has 1 aromatic heterocycles. The van der Waals surface area contributed by atoms with Gasteiger partial charge in [-0.1, -0.05) is 0 Å². The third-order valence-corrected chi connectivity index (χ3v) is 5.48. The lowest BCUT2D eigenvalue weighted by atomic mass is 9.79. The number of hydrogen-bond acceptors (Lipinski definition) is 4. The summed E-state index contributed by atoms with van der Waals surface area (Å²) in [7, 11) is 0. The summed E-state index contributed by atoms with van der Waals surface area (Å²) in [6.45, 7) is 9.03. The van der Waals surface area contributed by atoms with E-state index in [2.05, 4.69) is 15.2 Å². The van der Waals surface area contributed by atoms with Crippen LogP contribution in [0.3, 0.4) is 0 Å². The number of aromatic nitrogens is 1. The fraction of sp³-hybridized carbons (Fsp3) is 0.750. The molecular weight excluding hydrogens is 296 g/mol. The first-order valence-electron chi connectivity index (χ1n) is 8.22. The summed E-state index contributed by atoms with van der Waals surface area (Å²) in [6, 6.07) is 0.306. The van der Waals surface area contributed by atoms with Crippen molar-refractivity contribution in [1.82, 2.24) is 20.1 Å². The first-order valence-corrected chi connectivity index (χ1v) is 9.10. The summed E-state index contributed by atoms with van der Waals surface area (Å²) < 4.78 is 0. The number of likely N-dealkylation sites (tertiary alicyclic amines) is 2. The third-order valence-electron chi connectivity index (χ3n) is 4.72. The molecule has 6 heteroatoms. The Labute approximate surface area is 136 Å². The Kier molecular flexibility index (Phi) is 4.68. The standard InChI is InChI=1S/C16H26N4OS/c1-13(2)18-15(21)20-8-5-16(12-20)4-3-7-19(11-16)10-14-17-6-9-22-14/h6,9,13H,3-5,7-8,10-12H2,1-2H3,(H,18,21)/t16-/m0/s1. The van der Waals surface area contributed by atoms with E-state index in [9.17, 15) is 4.79 Å². The van der Waals surface area contributed by atoms with Crippen molar-refractivity contribution < 1.29 is 4.79 Å². The summed E-state index contributed by atoms with van der Waals surface area (Å²) in [5, 5.41) is 6.26. The number of rotatable bonds is 3. The minimum absolute atomic E-state index is 0.101. The number of piperidine rings is 1. The highest BCUT2D eigenvalue weighted by atomic mass is 32.1. The van der Waals surface area contributed by atoms with E-state index in [1.165, 1.54) is 17.8 Å². The van der Waals surface area contributed by atoms with Gasteiger partial charge in [-0.3, -0.25) is 4.90 Å². The van der Waals surface area contributed by atoms with E-state index in [0.29, 0.717) is 5.41 Å². The lowest BCUT2D eigenvalue weighted by Gasteiger charge is -2.40. The van der Waals surface area contributed by atoms with E-state index in [1.54, 1.807) is 11.3 Å². The Bertz CT molecular complexity index is 504. The van der Waals surface area contributed by atoms with Crippen molar-refractivity contribution >= 4 is 17.4 Å². The molecule has 1 aromatic rings. The van der Waals surface area contributed by atoms with Crippen LogP contribution in [0.25, 0.3) is 0 Å². The van der Waals surface area contributed by atoms with Crippen molar-refractivity contribution in [2.45, 2.75) is 45.7 Å². The van der Waals surface area contributed by atoms with Crippen LogP contribution in [0.5, 0.6) is 0 Å². The Hall–Kier alpha value is -1.14. The van der Waals surface area contributed by atoms with E-state index in [-0.39, 0.29) is 12.1 Å². The van der Waals surface area contributed by atoms with Gasteiger partial charge in [-0.25, -0.2) is 9.78 Å². The second-order valence-electron chi connectivity index (χ2n) is 7.02. The normalized spacial score (nSPS) is 26.0. The van der Waals surface area contributed by atoms with E-state index in [1.807, 2.05) is 30.3 Å². The average Bonchev–Trinajstić information content (AvgIpc) is 3.09. The van der Waals surface area contributed by atoms with Gasteiger partial charge < -0.3 is 10.2 Å². The molecule has 3 heterocycles. The van der Waals surface area contributed by atoms with Gasteiger partial charge in [-0.15, -0.1) is 11.3 Å². The van der Waals surface area contributed by atoms with Gasteiger partial charge in [0, 0.05) is 42.7 Å². The zero-order chi connectivity index (χ0) is 15.6. The van der Waals surface area contributed by atoms with Crippen molar-refractivity contribution in [3.63, 3.8) is 0 Å². The first-order chi connectivity index (χ1) is 10.6. The van der Waals surface area contributed by atoms with Crippen LogP contribution in [0.1, 0.15) is 38.1 Å². The number of carbonyl (C=O) groups is 1.